The van der Waals surface area contributed by atoms with Gasteiger partial charge in [0.1, 0.15) is 18.0 Å². The molecule has 2 unspecified atom stereocenters. The van der Waals surface area contributed by atoms with Crippen molar-refractivity contribution in [2.24, 2.45) is 5.41 Å². The van der Waals surface area contributed by atoms with Gasteiger partial charge in [0.25, 0.3) is 0 Å². The van der Waals surface area contributed by atoms with Crippen molar-refractivity contribution in [1.29, 1.82) is 0 Å². The maximum Gasteiger partial charge on any atom is 0.337 e. The van der Waals surface area contributed by atoms with Gasteiger partial charge in [-0.05, 0) is 53.8 Å². The molecule has 0 radical (unpaired) electrons. The summed E-state index contributed by atoms with van der Waals surface area (Å²) in [4.78, 5) is 37.3. The molecule has 9 heteroatoms. The van der Waals surface area contributed by atoms with Gasteiger partial charge in [0.15, 0.2) is 12.1 Å². The summed E-state index contributed by atoms with van der Waals surface area (Å²) in [5.41, 5.74) is 3.54. The lowest BCUT2D eigenvalue weighted by molar-refractivity contribution is -0.257. The van der Waals surface area contributed by atoms with Gasteiger partial charge < -0.3 is 29.4 Å². The number of ketones is 1. The van der Waals surface area contributed by atoms with Gasteiger partial charge in [0.2, 0.25) is 5.91 Å². The van der Waals surface area contributed by atoms with E-state index in [1.807, 2.05) is 74.5 Å². The molecule has 1 amide bonds. The number of amides is 1. The van der Waals surface area contributed by atoms with Crippen LogP contribution in [0.15, 0.2) is 72.8 Å². The Morgan fingerprint density at radius 2 is 1.58 bits per heavy atom. The molecule has 3 aromatic carbocycles. The summed E-state index contributed by atoms with van der Waals surface area (Å²) in [6.07, 6.45) is -1.88. The summed E-state index contributed by atoms with van der Waals surface area (Å²) >= 11 is 0. The lowest BCUT2D eigenvalue weighted by Crippen LogP contribution is -2.47. The molecule has 43 heavy (non-hydrogen) atoms. The molecule has 1 saturated heterocycles. The number of esters is 1. The van der Waals surface area contributed by atoms with E-state index in [0.717, 1.165) is 22.3 Å². The molecule has 9 nitrogen and oxygen atoms in total. The highest BCUT2D eigenvalue weighted by Crippen LogP contribution is 2.38. The Morgan fingerprint density at radius 1 is 0.953 bits per heavy atom. The van der Waals surface area contributed by atoms with E-state index >= 15 is 0 Å². The molecule has 0 spiro atoms. The van der Waals surface area contributed by atoms with E-state index in [4.69, 9.17) is 18.9 Å². The van der Waals surface area contributed by atoms with Crippen LogP contribution in [0.25, 0.3) is 11.1 Å². The zero-order valence-electron chi connectivity index (χ0n) is 25.0. The molecule has 0 bridgehead atoms. The highest BCUT2D eigenvalue weighted by atomic mass is 16.7. The van der Waals surface area contributed by atoms with Crippen molar-refractivity contribution in [3.05, 3.63) is 89.5 Å². The molecule has 3 aromatic rings. The normalized spacial score (nSPS) is 18.3. The third-order valence-electron chi connectivity index (χ3n) is 7.52. The number of carbonyl (C=O) groups is 3. The second kappa shape index (κ2) is 14.4. The largest absolute Gasteiger partial charge is 0.497 e. The van der Waals surface area contributed by atoms with Gasteiger partial charge in [-0.25, -0.2) is 4.79 Å². The molecule has 4 rings (SSSR count). The number of carbonyl (C=O) groups excluding carboxylic acids is 3. The maximum absolute atomic E-state index is 13.1. The van der Waals surface area contributed by atoms with E-state index in [9.17, 15) is 19.5 Å². The van der Waals surface area contributed by atoms with Crippen molar-refractivity contribution >= 4 is 17.7 Å². The van der Waals surface area contributed by atoms with E-state index in [1.54, 1.807) is 19.2 Å². The number of methoxy groups -OCH3 is 2. The molecule has 1 aliphatic rings. The minimum atomic E-state index is -1.23. The lowest BCUT2D eigenvalue weighted by Gasteiger charge is -2.41. The lowest BCUT2D eigenvalue weighted by atomic mass is 9.82. The molecule has 0 aromatic heterocycles. The van der Waals surface area contributed by atoms with Crippen molar-refractivity contribution in [1.82, 2.24) is 5.32 Å². The fourth-order valence-electron chi connectivity index (χ4n) is 4.93. The average molecular weight is 590 g/mol. The third kappa shape index (κ3) is 8.28. The fourth-order valence-corrected chi connectivity index (χ4v) is 4.93. The summed E-state index contributed by atoms with van der Waals surface area (Å²) in [6, 6.07) is 22.1. The first kappa shape index (κ1) is 31.9. The highest BCUT2D eigenvalue weighted by molar-refractivity contribution is 5.90. The number of aliphatic hydroxyl groups is 1. The Bertz CT molecular complexity index is 1380. The topological polar surface area (TPSA) is 120 Å². The standard InChI is InChI=1S/C34H39NO8/c1-34(2)21-42-33(26-16-18-27(40-3)19-17-26)43-30(34)28(36)6-5-7-29(37)31(38)35-20-22-8-10-23(11-9-22)24-12-14-25(15-13-24)32(39)41-4/h8-19,29-30,33,37H,5-7,20-21H2,1-4H3,(H,35,38)/t29?,30-,33?/m0/s1. The summed E-state index contributed by atoms with van der Waals surface area (Å²) in [7, 11) is 2.94. The van der Waals surface area contributed by atoms with Crippen LogP contribution in [0.2, 0.25) is 0 Å². The molecular weight excluding hydrogens is 550 g/mol. The van der Waals surface area contributed by atoms with Crippen LogP contribution in [-0.2, 0) is 30.3 Å². The van der Waals surface area contributed by atoms with Crippen molar-refractivity contribution in [3.63, 3.8) is 0 Å². The Hall–Kier alpha value is -4.05. The number of aliphatic hydroxyl groups excluding tert-OH is 1. The van der Waals surface area contributed by atoms with Crippen LogP contribution in [0.1, 0.15) is 60.9 Å². The quantitative estimate of drug-likeness (QED) is 0.283. The highest BCUT2D eigenvalue weighted by Gasteiger charge is 2.42. The van der Waals surface area contributed by atoms with Crippen LogP contribution >= 0.6 is 0 Å². The summed E-state index contributed by atoms with van der Waals surface area (Å²) in [5, 5.41) is 13.2. The van der Waals surface area contributed by atoms with Crippen LogP contribution in [0, 0.1) is 5.41 Å². The van der Waals surface area contributed by atoms with Gasteiger partial charge in [-0.15, -0.1) is 0 Å². The molecule has 0 saturated carbocycles. The minimum absolute atomic E-state index is 0.0838. The second-order valence-corrected chi connectivity index (χ2v) is 11.3. The van der Waals surface area contributed by atoms with Crippen LogP contribution in [-0.4, -0.2) is 55.8 Å². The Morgan fingerprint density at radius 3 is 2.19 bits per heavy atom. The van der Waals surface area contributed by atoms with Crippen LogP contribution < -0.4 is 10.1 Å². The van der Waals surface area contributed by atoms with Gasteiger partial charge in [-0.2, -0.15) is 0 Å². The molecule has 3 atom stereocenters. The molecule has 2 N–H and O–H groups in total. The first-order chi connectivity index (χ1) is 20.6. The van der Waals surface area contributed by atoms with Crippen molar-refractivity contribution in [2.75, 3.05) is 20.8 Å². The van der Waals surface area contributed by atoms with Crippen molar-refractivity contribution in [2.45, 2.75) is 58.2 Å². The molecule has 1 heterocycles. The SMILES string of the molecule is COC(=O)c1ccc(-c2ccc(CNC(=O)C(O)CCCC(=O)[C@@H]3OC(c4ccc(OC)cc4)OCC3(C)C)cc2)cc1. The third-order valence-corrected chi connectivity index (χ3v) is 7.52. The molecule has 1 aliphatic heterocycles. The fraction of sp³-hybridized carbons (Fsp3) is 0.382. The minimum Gasteiger partial charge on any atom is -0.497 e. The summed E-state index contributed by atoms with van der Waals surface area (Å²) in [6.45, 7) is 4.46. The number of hydrogen-bond donors (Lipinski definition) is 2. The number of rotatable bonds is 12. The monoisotopic (exact) mass is 589 g/mol. The van der Waals surface area contributed by atoms with E-state index in [2.05, 4.69) is 5.32 Å². The second-order valence-electron chi connectivity index (χ2n) is 11.3. The van der Waals surface area contributed by atoms with Crippen LogP contribution in [0.4, 0.5) is 0 Å². The first-order valence-corrected chi connectivity index (χ1v) is 14.3. The van der Waals surface area contributed by atoms with Gasteiger partial charge in [0, 0.05) is 23.9 Å². The number of ether oxygens (including phenoxy) is 4. The number of hydrogen-bond acceptors (Lipinski definition) is 8. The Balaban J connectivity index is 1.22. The van der Waals surface area contributed by atoms with E-state index in [1.165, 1.54) is 7.11 Å². The van der Waals surface area contributed by atoms with E-state index < -0.39 is 29.8 Å². The van der Waals surface area contributed by atoms with Crippen LogP contribution in [0.3, 0.4) is 0 Å². The predicted octanol–water partition coefficient (Wildman–Crippen LogP) is 5.01. The summed E-state index contributed by atoms with van der Waals surface area (Å²) in [5.74, 6) is -0.243. The van der Waals surface area contributed by atoms with Gasteiger partial charge in [-0.1, -0.05) is 62.4 Å². The van der Waals surface area contributed by atoms with Crippen molar-refractivity contribution in [3.8, 4) is 16.9 Å². The molecule has 228 valence electrons. The number of nitrogens with one attached hydrogen (secondary N) is 1. The van der Waals surface area contributed by atoms with E-state index in [-0.39, 0.29) is 31.1 Å². The summed E-state index contributed by atoms with van der Waals surface area (Å²) < 4.78 is 21.9. The zero-order valence-corrected chi connectivity index (χ0v) is 25.0. The van der Waals surface area contributed by atoms with Crippen LogP contribution in [0.5, 0.6) is 5.75 Å². The predicted molar refractivity (Wildman–Crippen MR) is 160 cm³/mol. The first-order valence-electron chi connectivity index (χ1n) is 14.3. The number of Topliss-reactive ketones (excluding diaryl/α,β-unsaturated/α-hetero) is 1. The van der Waals surface area contributed by atoms with Gasteiger partial charge in [-0.3, -0.25) is 9.59 Å². The Kier molecular flexibility index (Phi) is 10.7. The Labute approximate surface area is 252 Å². The van der Waals surface area contributed by atoms with Crippen molar-refractivity contribution < 1.29 is 38.4 Å². The number of benzene rings is 3. The van der Waals surface area contributed by atoms with Gasteiger partial charge >= 0.3 is 5.97 Å². The van der Waals surface area contributed by atoms with E-state index in [0.29, 0.717) is 24.3 Å². The maximum atomic E-state index is 13.1. The molecular formula is C34H39NO8. The zero-order chi connectivity index (χ0) is 31.0. The smallest absolute Gasteiger partial charge is 0.337 e. The average Bonchev–Trinajstić information content (AvgIpc) is 3.03. The molecule has 0 aliphatic carbocycles. The molecule has 1 fully saturated rings. The van der Waals surface area contributed by atoms with Gasteiger partial charge in [0.05, 0.1) is 26.4 Å².